The van der Waals surface area contributed by atoms with Crippen molar-refractivity contribution in [2.45, 2.75) is 31.6 Å². The van der Waals surface area contributed by atoms with E-state index in [2.05, 4.69) is 4.74 Å². The Morgan fingerprint density at radius 2 is 1.41 bits per heavy atom. The number of hydrogen-bond donors (Lipinski definition) is 1. The van der Waals surface area contributed by atoms with Gasteiger partial charge in [0.15, 0.2) is 6.10 Å². The third kappa shape index (κ3) is 7.05. The van der Waals surface area contributed by atoms with Crippen LogP contribution in [-0.4, -0.2) is 30.3 Å². The fourth-order valence-corrected chi connectivity index (χ4v) is 3.28. The minimum absolute atomic E-state index is 0.255. The van der Waals surface area contributed by atoms with Crippen LogP contribution < -0.4 is 14.4 Å². The first-order valence-corrected chi connectivity index (χ1v) is 10.1. The number of para-hydroxylation sites is 1. The van der Waals surface area contributed by atoms with E-state index in [-0.39, 0.29) is 11.3 Å². The Morgan fingerprint density at radius 1 is 0.794 bits per heavy atom. The quantitative estimate of drug-likeness (QED) is 0.354. The van der Waals surface area contributed by atoms with Gasteiger partial charge >= 0.3 is 12.5 Å². The predicted molar refractivity (Wildman–Crippen MR) is 114 cm³/mol. The molecule has 0 heterocycles. The molecule has 0 fully saturated rings. The van der Waals surface area contributed by atoms with Crippen LogP contribution in [-0.2, 0) is 0 Å². The van der Waals surface area contributed by atoms with Gasteiger partial charge in [-0.25, -0.2) is 0 Å². The van der Waals surface area contributed by atoms with E-state index >= 15 is 0 Å². The molecule has 0 bridgehead atoms. The van der Waals surface area contributed by atoms with E-state index < -0.39 is 37.0 Å². The molecule has 0 amide bonds. The third-order valence-electron chi connectivity index (χ3n) is 4.92. The van der Waals surface area contributed by atoms with Gasteiger partial charge in [-0.05, 0) is 48.9 Å². The van der Waals surface area contributed by atoms with Gasteiger partial charge in [0, 0.05) is 11.8 Å². The molecule has 182 valence electrons. The lowest BCUT2D eigenvalue weighted by atomic mass is 10.0. The number of nitrogens with zero attached hydrogens (tertiary/aromatic N) is 1. The topological polar surface area (TPSA) is 41.9 Å². The van der Waals surface area contributed by atoms with Crippen LogP contribution in [0.2, 0.25) is 0 Å². The summed E-state index contributed by atoms with van der Waals surface area (Å²) in [6.07, 6.45) is -12.5. The zero-order valence-electron chi connectivity index (χ0n) is 17.8. The molecule has 0 aliphatic rings. The molecule has 3 rings (SSSR count). The minimum atomic E-state index is -4.92. The summed E-state index contributed by atoms with van der Waals surface area (Å²) >= 11 is 0. The molecule has 34 heavy (non-hydrogen) atoms. The van der Waals surface area contributed by atoms with Crippen molar-refractivity contribution in [1.29, 1.82) is 0 Å². The molecule has 2 atom stereocenters. The van der Waals surface area contributed by atoms with Crippen LogP contribution in [0.3, 0.4) is 0 Å². The van der Waals surface area contributed by atoms with Crippen LogP contribution in [0.1, 0.15) is 18.5 Å². The molecule has 4 nitrogen and oxygen atoms in total. The Morgan fingerprint density at radius 3 is 2.06 bits per heavy atom. The van der Waals surface area contributed by atoms with Crippen molar-refractivity contribution in [3.63, 3.8) is 0 Å². The van der Waals surface area contributed by atoms with Gasteiger partial charge in [0.25, 0.3) is 0 Å². The average Bonchev–Trinajstić information content (AvgIpc) is 2.76. The van der Waals surface area contributed by atoms with Crippen LogP contribution in [0.5, 0.6) is 17.2 Å². The van der Waals surface area contributed by atoms with E-state index in [1.165, 1.54) is 36.1 Å². The SMILES string of the molecule is CC(c1cccc(OC(F)(F)F)c1)N(CC(O)C(F)(F)F)c1cccc(Oc2ccccc2)c1. The maximum absolute atomic E-state index is 13.2. The summed E-state index contributed by atoms with van der Waals surface area (Å²) in [6.45, 7) is 0.657. The largest absolute Gasteiger partial charge is 0.573 e. The lowest BCUT2D eigenvalue weighted by molar-refractivity contribution is -0.274. The highest BCUT2D eigenvalue weighted by molar-refractivity contribution is 5.54. The van der Waals surface area contributed by atoms with Crippen LogP contribution in [0.4, 0.5) is 32.0 Å². The molecule has 0 aliphatic carbocycles. The van der Waals surface area contributed by atoms with Crippen molar-refractivity contribution in [2.75, 3.05) is 11.4 Å². The van der Waals surface area contributed by atoms with E-state index in [4.69, 9.17) is 4.74 Å². The number of ether oxygens (including phenoxy) is 2. The van der Waals surface area contributed by atoms with Gasteiger partial charge in [0.2, 0.25) is 0 Å². The predicted octanol–water partition coefficient (Wildman–Crippen LogP) is 6.87. The van der Waals surface area contributed by atoms with Crippen molar-refractivity contribution in [3.05, 3.63) is 84.4 Å². The number of halogens is 6. The van der Waals surface area contributed by atoms with E-state index in [0.717, 1.165) is 12.1 Å². The highest BCUT2D eigenvalue weighted by atomic mass is 19.4. The van der Waals surface area contributed by atoms with Gasteiger partial charge in [-0.2, -0.15) is 13.2 Å². The van der Waals surface area contributed by atoms with Gasteiger partial charge < -0.3 is 19.5 Å². The smallest absolute Gasteiger partial charge is 0.457 e. The number of alkyl halides is 6. The van der Waals surface area contributed by atoms with Crippen molar-refractivity contribution >= 4 is 5.69 Å². The highest BCUT2D eigenvalue weighted by Crippen LogP contribution is 2.34. The standard InChI is InChI=1S/C24H21F6NO3/c1-16(17-7-5-12-21(13-17)34-24(28,29)30)31(15-22(32)23(25,26)27)18-8-6-11-20(14-18)33-19-9-3-2-4-10-19/h2-14,16,22,32H,15H2,1H3. The zero-order valence-corrected chi connectivity index (χ0v) is 17.8. The fraction of sp³-hybridized carbons (Fsp3) is 0.250. The monoisotopic (exact) mass is 485 g/mol. The lowest BCUT2D eigenvalue weighted by Crippen LogP contribution is -2.42. The molecule has 0 spiro atoms. The number of rotatable bonds is 8. The molecule has 3 aromatic rings. The summed E-state index contributed by atoms with van der Waals surface area (Å²) in [7, 11) is 0. The number of benzene rings is 3. The second-order valence-corrected chi connectivity index (χ2v) is 7.42. The molecule has 0 saturated heterocycles. The normalized spacial score (nSPS) is 13.8. The van der Waals surface area contributed by atoms with Gasteiger partial charge in [-0.3, -0.25) is 0 Å². The first kappa shape index (κ1) is 25.2. The summed E-state index contributed by atoms with van der Waals surface area (Å²) in [5, 5.41) is 9.75. The second-order valence-electron chi connectivity index (χ2n) is 7.42. The lowest BCUT2D eigenvalue weighted by Gasteiger charge is -2.34. The van der Waals surface area contributed by atoms with E-state index in [1.807, 2.05) is 0 Å². The summed E-state index contributed by atoms with van der Waals surface area (Å²) in [4.78, 5) is 1.24. The zero-order chi connectivity index (χ0) is 24.9. The maximum Gasteiger partial charge on any atom is 0.573 e. The molecule has 0 aliphatic heterocycles. The molecule has 0 radical (unpaired) electrons. The minimum Gasteiger partial charge on any atom is -0.457 e. The summed E-state index contributed by atoms with van der Waals surface area (Å²) < 4.78 is 87.0. The number of hydrogen-bond acceptors (Lipinski definition) is 4. The highest BCUT2D eigenvalue weighted by Gasteiger charge is 2.40. The number of aliphatic hydroxyl groups is 1. The molecule has 3 aromatic carbocycles. The van der Waals surface area contributed by atoms with E-state index in [1.54, 1.807) is 42.5 Å². The van der Waals surface area contributed by atoms with Crippen molar-refractivity contribution in [1.82, 2.24) is 0 Å². The molecule has 0 saturated carbocycles. The molecule has 10 heteroatoms. The molecular formula is C24H21F6NO3. The molecule has 0 aromatic heterocycles. The maximum atomic E-state index is 13.2. The van der Waals surface area contributed by atoms with Crippen molar-refractivity contribution < 1.29 is 40.9 Å². The Bertz CT molecular complexity index is 1070. The Hall–Kier alpha value is -3.40. The summed E-state index contributed by atoms with van der Waals surface area (Å²) in [6, 6.07) is 19.0. The molecule has 1 N–H and O–H groups in total. The summed E-state index contributed by atoms with van der Waals surface area (Å²) in [5.41, 5.74) is 0.525. The molecule has 2 unspecified atom stereocenters. The second kappa shape index (κ2) is 10.3. The average molecular weight is 485 g/mol. The van der Waals surface area contributed by atoms with E-state index in [9.17, 15) is 31.4 Å². The van der Waals surface area contributed by atoms with Crippen molar-refractivity contribution in [2.24, 2.45) is 0 Å². The van der Waals surface area contributed by atoms with Crippen LogP contribution >= 0.6 is 0 Å². The Balaban J connectivity index is 1.94. The molecular weight excluding hydrogens is 464 g/mol. The van der Waals surface area contributed by atoms with Gasteiger partial charge in [-0.15, -0.1) is 13.2 Å². The first-order chi connectivity index (χ1) is 15.9. The summed E-state index contributed by atoms with van der Waals surface area (Å²) in [5.74, 6) is 0.331. The number of anilines is 1. The third-order valence-corrected chi connectivity index (χ3v) is 4.92. The van der Waals surface area contributed by atoms with Gasteiger partial charge in [0.05, 0.1) is 12.6 Å². The van der Waals surface area contributed by atoms with Gasteiger partial charge in [-0.1, -0.05) is 36.4 Å². The number of aliphatic hydroxyl groups excluding tert-OH is 1. The first-order valence-electron chi connectivity index (χ1n) is 10.1. The van der Waals surface area contributed by atoms with Gasteiger partial charge in [0.1, 0.15) is 17.2 Å². The van der Waals surface area contributed by atoms with Crippen molar-refractivity contribution in [3.8, 4) is 17.2 Å². The van der Waals surface area contributed by atoms with E-state index in [0.29, 0.717) is 11.5 Å². The Kier molecular flexibility index (Phi) is 7.61. The Labute approximate surface area is 192 Å². The van der Waals surface area contributed by atoms with Crippen LogP contribution in [0.15, 0.2) is 78.9 Å². The fourth-order valence-electron chi connectivity index (χ4n) is 3.28. The van der Waals surface area contributed by atoms with Crippen LogP contribution in [0, 0.1) is 0 Å². The van der Waals surface area contributed by atoms with Crippen LogP contribution in [0.25, 0.3) is 0 Å².